The van der Waals surface area contributed by atoms with Crippen molar-refractivity contribution in [2.75, 3.05) is 0 Å². The number of hydrogen-bond donors (Lipinski definition) is 1. The molecule has 0 spiro atoms. The molecule has 0 aliphatic heterocycles. The highest BCUT2D eigenvalue weighted by Crippen LogP contribution is 2.35. The third-order valence-corrected chi connectivity index (χ3v) is 2.97. The van der Waals surface area contributed by atoms with Crippen molar-refractivity contribution in [1.82, 2.24) is 4.98 Å². The average molecular weight is 176 g/mol. The second-order valence-corrected chi connectivity index (χ2v) is 4.05. The molecule has 1 aliphatic carbocycles. The van der Waals surface area contributed by atoms with Gasteiger partial charge < -0.3 is 5.73 Å². The van der Waals surface area contributed by atoms with Crippen LogP contribution in [0.15, 0.2) is 18.3 Å². The first-order valence-electron chi connectivity index (χ1n) is 4.93. The minimum Gasteiger partial charge on any atom is -0.321 e. The number of nitrogens with zero attached hydrogens (tertiary/aromatic N) is 1. The largest absolute Gasteiger partial charge is 0.321 e. The highest BCUT2D eigenvalue weighted by molar-refractivity contribution is 5.25. The maximum absolute atomic E-state index is 6.32. The first kappa shape index (κ1) is 8.70. The summed E-state index contributed by atoms with van der Waals surface area (Å²) in [7, 11) is 0. The predicted octanol–water partition coefficient (Wildman–Crippen LogP) is 2.12. The van der Waals surface area contributed by atoms with E-state index in [0.29, 0.717) is 0 Å². The Morgan fingerprint density at radius 3 is 2.69 bits per heavy atom. The lowest BCUT2D eigenvalue weighted by Crippen LogP contribution is -2.33. The molecule has 0 amide bonds. The number of nitrogens with two attached hydrogens (primary N) is 1. The van der Waals surface area contributed by atoms with Crippen LogP contribution < -0.4 is 5.73 Å². The summed E-state index contributed by atoms with van der Waals surface area (Å²) >= 11 is 0. The van der Waals surface area contributed by atoms with Gasteiger partial charge in [0.1, 0.15) is 0 Å². The lowest BCUT2D eigenvalue weighted by atomic mass is 9.90. The number of rotatable bonds is 1. The normalized spacial score (nSPS) is 20.5. The van der Waals surface area contributed by atoms with Gasteiger partial charge in [0.15, 0.2) is 0 Å². The molecule has 2 rings (SSSR count). The van der Waals surface area contributed by atoms with Crippen molar-refractivity contribution >= 4 is 0 Å². The Kier molecular flexibility index (Phi) is 2.08. The van der Waals surface area contributed by atoms with Gasteiger partial charge in [0.05, 0.1) is 0 Å². The fraction of sp³-hybridized carbons (Fsp3) is 0.545. The maximum atomic E-state index is 6.32. The third-order valence-electron chi connectivity index (χ3n) is 2.97. The fourth-order valence-corrected chi connectivity index (χ4v) is 2.15. The van der Waals surface area contributed by atoms with Gasteiger partial charge >= 0.3 is 0 Å². The van der Waals surface area contributed by atoms with Crippen molar-refractivity contribution in [3.05, 3.63) is 29.6 Å². The van der Waals surface area contributed by atoms with E-state index in [-0.39, 0.29) is 5.54 Å². The SMILES string of the molecule is Cc1cc(C2(N)CCCC2)ccn1. The monoisotopic (exact) mass is 176 g/mol. The molecule has 0 saturated heterocycles. The second-order valence-electron chi connectivity index (χ2n) is 4.05. The van der Waals surface area contributed by atoms with Crippen molar-refractivity contribution in [3.63, 3.8) is 0 Å². The molecule has 1 aromatic heterocycles. The van der Waals surface area contributed by atoms with E-state index in [1.165, 1.54) is 18.4 Å². The summed E-state index contributed by atoms with van der Waals surface area (Å²) in [4.78, 5) is 4.19. The summed E-state index contributed by atoms with van der Waals surface area (Å²) in [6.45, 7) is 2.02. The first-order chi connectivity index (χ1) is 6.21. The lowest BCUT2D eigenvalue weighted by Gasteiger charge is -2.24. The van der Waals surface area contributed by atoms with Crippen molar-refractivity contribution in [2.24, 2.45) is 5.73 Å². The number of hydrogen-bond acceptors (Lipinski definition) is 2. The van der Waals surface area contributed by atoms with Crippen LogP contribution in [-0.2, 0) is 5.54 Å². The van der Waals surface area contributed by atoms with Crippen LogP contribution in [0, 0.1) is 6.92 Å². The number of aryl methyl sites for hydroxylation is 1. The average Bonchev–Trinajstić information content (AvgIpc) is 2.54. The van der Waals surface area contributed by atoms with Crippen molar-refractivity contribution in [2.45, 2.75) is 38.1 Å². The molecule has 2 N–H and O–H groups in total. The summed E-state index contributed by atoms with van der Waals surface area (Å²) in [5.74, 6) is 0. The van der Waals surface area contributed by atoms with E-state index in [1.807, 2.05) is 13.1 Å². The van der Waals surface area contributed by atoms with Crippen LogP contribution in [0.1, 0.15) is 36.9 Å². The molecule has 13 heavy (non-hydrogen) atoms. The molecular formula is C11H16N2. The van der Waals surface area contributed by atoms with Gasteiger partial charge in [0.2, 0.25) is 0 Å². The van der Waals surface area contributed by atoms with Crippen LogP contribution in [0.2, 0.25) is 0 Å². The molecule has 0 aromatic carbocycles. The van der Waals surface area contributed by atoms with E-state index in [1.54, 1.807) is 0 Å². The van der Waals surface area contributed by atoms with E-state index >= 15 is 0 Å². The van der Waals surface area contributed by atoms with Gasteiger partial charge in [-0.05, 0) is 37.5 Å². The molecule has 1 saturated carbocycles. The summed E-state index contributed by atoms with van der Waals surface area (Å²) in [6.07, 6.45) is 6.63. The molecule has 70 valence electrons. The number of aromatic nitrogens is 1. The predicted molar refractivity (Wildman–Crippen MR) is 53.3 cm³/mol. The number of pyridine rings is 1. The molecule has 2 nitrogen and oxygen atoms in total. The van der Waals surface area contributed by atoms with Crippen LogP contribution in [0.25, 0.3) is 0 Å². The van der Waals surface area contributed by atoms with Crippen LogP contribution in [0.3, 0.4) is 0 Å². The van der Waals surface area contributed by atoms with E-state index in [4.69, 9.17) is 5.73 Å². The van der Waals surface area contributed by atoms with E-state index in [0.717, 1.165) is 18.5 Å². The fourth-order valence-electron chi connectivity index (χ4n) is 2.15. The van der Waals surface area contributed by atoms with Gasteiger partial charge in [-0.1, -0.05) is 12.8 Å². The minimum absolute atomic E-state index is 0.0618. The molecule has 1 aromatic rings. The molecular weight excluding hydrogens is 160 g/mol. The maximum Gasteiger partial charge on any atom is 0.0410 e. The quantitative estimate of drug-likeness (QED) is 0.711. The summed E-state index contributed by atoms with van der Waals surface area (Å²) in [5.41, 5.74) is 8.59. The summed E-state index contributed by atoms with van der Waals surface area (Å²) < 4.78 is 0. The Bertz CT molecular complexity index is 301. The van der Waals surface area contributed by atoms with Crippen molar-refractivity contribution in [1.29, 1.82) is 0 Å². The Balaban J connectivity index is 2.33. The van der Waals surface area contributed by atoms with E-state index < -0.39 is 0 Å². The van der Waals surface area contributed by atoms with E-state index in [2.05, 4.69) is 17.1 Å². The Morgan fingerprint density at radius 2 is 2.08 bits per heavy atom. The highest BCUT2D eigenvalue weighted by atomic mass is 14.8. The molecule has 0 radical (unpaired) electrons. The van der Waals surface area contributed by atoms with Gasteiger partial charge in [-0.15, -0.1) is 0 Å². The van der Waals surface area contributed by atoms with Gasteiger partial charge in [0.25, 0.3) is 0 Å². The lowest BCUT2D eigenvalue weighted by molar-refractivity contribution is 0.461. The van der Waals surface area contributed by atoms with Gasteiger partial charge in [-0.2, -0.15) is 0 Å². The van der Waals surface area contributed by atoms with Crippen molar-refractivity contribution in [3.8, 4) is 0 Å². The molecule has 2 heteroatoms. The van der Waals surface area contributed by atoms with Crippen LogP contribution in [-0.4, -0.2) is 4.98 Å². The molecule has 1 aliphatic rings. The first-order valence-corrected chi connectivity index (χ1v) is 4.93. The molecule has 1 heterocycles. The molecule has 0 unspecified atom stereocenters. The Labute approximate surface area is 79.2 Å². The van der Waals surface area contributed by atoms with Gasteiger partial charge in [-0.25, -0.2) is 0 Å². The Hall–Kier alpha value is -0.890. The zero-order valence-electron chi connectivity index (χ0n) is 8.09. The zero-order valence-corrected chi connectivity index (χ0v) is 8.09. The molecule has 0 atom stereocenters. The minimum atomic E-state index is -0.0618. The summed E-state index contributed by atoms with van der Waals surface area (Å²) in [6, 6.07) is 4.17. The van der Waals surface area contributed by atoms with Gasteiger partial charge in [-0.3, -0.25) is 4.98 Å². The standard InChI is InChI=1S/C11H16N2/c1-9-8-10(4-7-13-9)11(12)5-2-3-6-11/h4,7-8H,2-3,5-6,12H2,1H3. The summed E-state index contributed by atoms with van der Waals surface area (Å²) in [5, 5.41) is 0. The van der Waals surface area contributed by atoms with E-state index in [9.17, 15) is 0 Å². The van der Waals surface area contributed by atoms with Crippen LogP contribution >= 0.6 is 0 Å². The highest BCUT2D eigenvalue weighted by Gasteiger charge is 2.30. The third kappa shape index (κ3) is 1.59. The Morgan fingerprint density at radius 1 is 1.38 bits per heavy atom. The molecule has 1 fully saturated rings. The van der Waals surface area contributed by atoms with Crippen LogP contribution in [0.5, 0.6) is 0 Å². The second kappa shape index (κ2) is 3.11. The molecule has 0 bridgehead atoms. The van der Waals surface area contributed by atoms with Crippen LogP contribution in [0.4, 0.5) is 0 Å². The smallest absolute Gasteiger partial charge is 0.0410 e. The topological polar surface area (TPSA) is 38.9 Å². The van der Waals surface area contributed by atoms with Crippen molar-refractivity contribution < 1.29 is 0 Å². The zero-order chi connectivity index (χ0) is 9.31. The van der Waals surface area contributed by atoms with Gasteiger partial charge in [0, 0.05) is 17.4 Å².